The lowest BCUT2D eigenvalue weighted by atomic mass is 10.1. The smallest absolute Gasteiger partial charge is 0.343 e. The number of alkyl halides is 3. The quantitative estimate of drug-likeness (QED) is 0.734. The predicted octanol–water partition coefficient (Wildman–Crippen LogP) is 2.19. The van der Waals surface area contributed by atoms with E-state index in [4.69, 9.17) is 0 Å². The van der Waals surface area contributed by atoms with Crippen LogP contribution < -0.4 is 16.0 Å². The molecule has 0 bridgehead atoms. The first-order valence-electron chi connectivity index (χ1n) is 6.63. The van der Waals surface area contributed by atoms with E-state index in [0.717, 1.165) is 0 Å². The van der Waals surface area contributed by atoms with Gasteiger partial charge >= 0.3 is 6.18 Å². The highest BCUT2D eigenvalue weighted by atomic mass is 35.5. The third kappa shape index (κ3) is 7.85. The lowest BCUT2D eigenvalue weighted by Gasteiger charge is -2.12. The van der Waals surface area contributed by atoms with Crippen molar-refractivity contribution in [2.75, 3.05) is 25.5 Å². The maximum atomic E-state index is 12.0. The summed E-state index contributed by atoms with van der Waals surface area (Å²) in [6.07, 6.45) is -4.45. The Morgan fingerprint density at radius 1 is 1.17 bits per heavy atom. The highest BCUT2D eigenvalue weighted by Gasteiger charge is 2.27. The van der Waals surface area contributed by atoms with E-state index in [2.05, 4.69) is 10.6 Å². The number of benzene rings is 1. The fourth-order valence-corrected chi connectivity index (χ4v) is 1.65. The number of amides is 2. The summed E-state index contributed by atoms with van der Waals surface area (Å²) in [7, 11) is 1.73. The van der Waals surface area contributed by atoms with Crippen molar-refractivity contribution in [3.8, 4) is 0 Å². The van der Waals surface area contributed by atoms with Gasteiger partial charge in [-0.1, -0.05) is 6.92 Å². The number of nitrogens with one attached hydrogen (secondary N) is 3. The van der Waals surface area contributed by atoms with Gasteiger partial charge in [0.05, 0.1) is 0 Å². The molecule has 1 atom stereocenters. The van der Waals surface area contributed by atoms with Crippen LogP contribution >= 0.6 is 12.4 Å². The molecule has 5 nitrogen and oxygen atoms in total. The van der Waals surface area contributed by atoms with Crippen LogP contribution in [-0.2, 0) is 4.79 Å². The molecule has 1 unspecified atom stereocenters. The van der Waals surface area contributed by atoms with Crippen LogP contribution in [-0.4, -0.2) is 38.1 Å². The van der Waals surface area contributed by atoms with Crippen molar-refractivity contribution >= 4 is 29.9 Å². The van der Waals surface area contributed by atoms with E-state index in [0.29, 0.717) is 12.2 Å². The minimum atomic E-state index is -4.45. The molecule has 0 saturated heterocycles. The Labute approximate surface area is 138 Å². The maximum Gasteiger partial charge on any atom is 0.405 e. The molecule has 1 rings (SSSR count). The second kappa shape index (κ2) is 9.36. The van der Waals surface area contributed by atoms with Crippen LogP contribution in [0.3, 0.4) is 0 Å². The predicted molar refractivity (Wildman–Crippen MR) is 83.8 cm³/mol. The Kier molecular flexibility index (Phi) is 8.63. The summed E-state index contributed by atoms with van der Waals surface area (Å²) in [5.74, 6) is -1.25. The van der Waals surface area contributed by atoms with E-state index < -0.39 is 18.6 Å². The average Bonchev–Trinajstić information content (AvgIpc) is 2.45. The Morgan fingerprint density at radius 3 is 2.22 bits per heavy atom. The first-order chi connectivity index (χ1) is 10.2. The van der Waals surface area contributed by atoms with Gasteiger partial charge in [0.1, 0.15) is 6.54 Å². The van der Waals surface area contributed by atoms with Crippen LogP contribution in [0.1, 0.15) is 17.3 Å². The normalized spacial score (nSPS) is 12.0. The maximum absolute atomic E-state index is 12.0. The number of hydrogen-bond donors (Lipinski definition) is 3. The molecule has 0 aliphatic heterocycles. The molecule has 23 heavy (non-hydrogen) atoms. The van der Waals surface area contributed by atoms with Crippen LogP contribution in [0.5, 0.6) is 0 Å². The third-order valence-electron chi connectivity index (χ3n) is 2.82. The molecule has 0 heterocycles. The van der Waals surface area contributed by atoms with Crippen LogP contribution in [0.2, 0.25) is 0 Å². The second-order valence-corrected chi connectivity index (χ2v) is 4.82. The summed E-state index contributed by atoms with van der Waals surface area (Å²) >= 11 is 0. The van der Waals surface area contributed by atoms with E-state index in [1.807, 2.05) is 0 Å². The molecule has 0 fully saturated rings. The molecule has 2 amide bonds. The molecule has 0 aromatic heterocycles. The van der Waals surface area contributed by atoms with Crippen molar-refractivity contribution in [3.63, 3.8) is 0 Å². The molecule has 0 spiro atoms. The minimum absolute atomic E-state index is 0. The lowest BCUT2D eigenvalue weighted by molar-refractivity contribution is -0.123. The molecule has 0 radical (unpaired) electrons. The number of carbonyl (C=O) groups is 2. The lowest BCUT2D eigenvalue weighted by Crippen LogP contribution is -2.33. The Hall–Kier alpha value is -1.80. The van der Waals surface area contributed by atoms with Gasteiger partial charge in [-0.15, -0.1) is 12.4 Å². The molecule has 0 saturated carbocycles. The van der Waals surface area contributed by atoms with E-state index in [9.17, 15) is 22.8 Å². The molecular weight excluding hydrogens is 335 g/mol. The summed E-state index contributed by atoms with van der Waals surface area (Å²) in [6, 6.07) is 5.63. The summed E-state index contributed by atoms with van der Waals surface area (Å²) < 4.78 is 36.0. The highest BCUT2D eigenvalue weighted by molar-refractivity contribution is 5.96. The van der Waals surface area contributed by atoms with Crippen LogP contribution in [0.25, 0.3) is 0 Å². The van der Waals surface area contributed by atoms with Gasteiger partial charge in [-0.3, -0.25) is 9.59 Å². The van der Waals surface area contributed by atoms with Gasteiger partial charge in [0.25, 0.3) is 5.91 Å². The molecule has 1 aromatic rings. The molecule has 9 heteroatoms. The number of halogens is 4. The van der Waals surface area contributed by atoms with Crippen molar-refractivity contribution < 1.29 is 22.8 Å². The zero-order valence-electron chi connectivity index (χ0n) is 12.7. The highest BCUT2D eigenvalue weighted by Crippen LogP contribution is 2.14. The zero-order valence-corrected chi connectivity index (χ0v) is 13.5. The SMILES string of the molecule is CNCC(C)C(=O)Nc1ccc(C(=O)NCC(F)(F)F)cc1.Cl. The van der Waals surface area contributed by atoms with Crippen LogP contribution in [0, 0.1) is 5.92 Å². The fourth-order valence-electron chi connectivity index (χ4n) is 1.65. The van der Waals surface area contributed by atoms with Gasteiger partial charge in [-0.25, -0.2) is 0 Å². The Bertz CT molecular complexity index is 521. The molecule has 3 N–H and O–H groups in total. The zero-order chi connectivity index (χ0) is 16.8. The third-order valence-corrected chi connectivity index (χ3v) is 2.82. The van der Waals surface area contributed by atoms with E-state index in [1.165, 1.54) is 24.3 Å². The Balaban J connectivity index is 0.00000484. The largest absolute Gasteiger partial charge is 0.405 e. The Morgan fingerprint density at radius 2 is 1.74 bits per heavy atom. The van der Waals surface area contributed by atoms with Crippen LogP contribution in [0.4, 0.5) is 18.9 Å². The van der Waals surface area contributed by atoms with Gasteiger partial charge in [-0.2, -0.15) is 13.2 Å². The van der Waals surface area contributed by atoms with E-state index >= 15 is 0 Å². The average molecular weight is 354 g/mol. The summed E-state index contributed by atoms with van der Waals surface area (Å²) in [5, 5.41) is 7.31. The van der Waals surface area contributed by atoms with Crippen LogP contribution in [0.15, 0.2) is 24.3 Å². The van der Waals surface area contributed by atoms with E-state index in [-0.39, 0.29) is 29.8 Å². The first kappa shape index (κ1) is 21.2. The molecular formula is C14H19ClF3N3O2. The molecule has 0 aliphatic rings. The van der Waals surface area contributed by atoms with Gasteiger partial charge in [0.2, 0.25) is 5.91 Å². The van der Waals surface area contributed by atoms with Gasteiger partial charge in [0.15, 0.2) is 0 Å². The summed E-state index contributed by atoms with van der Waals surface area (Å²) in [5.41, 5.74) is 0.561. The number of anilines is 1. The van der Waals surface area contributed by atoms with Gasteiger partial charge in [0, 0.05) is 23.7 Å². The van der Waals surface area contributed by atoms with Crippen molar-refractivity contribution in [2.24, 2.45) is 5.92 Å². The van der Waals surface area contributed by atoms with Gasteiger partial charge in [-0.05, 0) is 31.3 Å². The van der Waals surface area contributed by atoms with Gasteiger partial charge < -0.3 is 16.0 Å². The summed E-state index contributed by atoms with van der Waals surface area (Å²) in [6.45, 7) is 0.889. The monoisotopic (exact) mass is 353 g/mol. The van der Waals surface area contributed by atoms with E-state index in [1.54, 1.807) is 19.3 Å². The molecule has 0 aliphatic carbocycles. The summed E-state index contributed by atoms with van der Waals surface area (Å²) in [4.78, 5) is 23.3. The number of rotatable bonds is 6. The molecule has 130 valence electrons. The minimum Gasteiger partial charge on any atom is -0.343 e. The first-order valence-corrected chi connectivity index (χ1v) is 6.63. The van der Waals surface area contributed by atoms with Crippen molar-refractivity contribution in [2.45, 2.75) is 13.1 Å². The van der Waals surface area contributed by atoms with Crippen molar-refractivity contribution in [1.29, 1.82) is 0 Å². The van der Waals surface area contributed by atoms with Crippen molar-refractivity contribution in [3.05, 3.63) is 29.8 Å². The van der Waals surface area contributed by atoms with Crippen molar-refractivity contribution in [1.82, 2.24) is 10.6 Å². The topological polar surface area (TPSA) is 70.2 Å². The molecule has 1 aromatic carbocycles. The standard InChI is InChI=1S/C14H18F3N3O2.ClH/c1-9(7-18-2)12(21)20-11-5-3-10(4-6-11)13(22)19-8-14(15,16)17;/h3-6,9,18H,7-8H2,1-2H3,(H,19,22)(H,20,21);1H. The fraction of sp³-hybridized carbons (Fsp3) is 0.429. The second-order valence-electron chi connectivity index (χ2n) is 4.82. The number of carbonyl (C=O) groups excluding carboxylic acids is 2. The number of hydrogen-bond acceptors (Lipinski definition) is 3.